The quantitative estimate of drug-likeness (QED) is 0.689. The summed E-state index contributed by atoms with van der Waals surface area (Å²) >= 11 is 0. The summed E-state index contributed by atoms with van der Waals surface area (Å²) in [5.41, 5.74) is 5.34. The van der Waals surface area contributed by atoms with E-state index in [1.807, 2.05) is 27.7 Å². The predicted molar refractivity (Wildman–Crippen MR) is 82.7 cm³/mol. The maximum atomic E-state index is 11.8. The van der Waals surface area contributed by atoms with Crippen molar-refractivity contribution in [1.29, 1.82) is 0 Å². The third kappa shape index (κ3) is 6.57. The Balaban J connectivity index is 0.00000361. The highest BCUT2D eigenvalue weighted by Crippen LogP contribution is 2.38. The third-order valence-electron chi connectivity index (χ3n) is 3.46. The molecule has 1 rings (SSSR count). The van der Waals surface area contributed by atoms with Gasteiger partial charge in [-0.1, -0.05) is 20.8 Å². The molecule has 1 fully saturated rings. The molecule has 6 heteroatoms. The van der Waals surface area contributed by atoms with E-state index in [1.54, 1.807) is 0 Å². The van der Waals surface area contributed by atoms with Crippen LogP contribution in [0, 0.1) is 11.3 Å². The van der Waals surface area contributed by atoms with Gasteiger partial charge in [-0.15, -0.1) is 12.4 Å². The van der Waals surface area contributed by atoms with Crippen LogP contribution < -0.4 is 16.4 Å². The zero-order chi connectivity index (χ0) is 14.7. The number of hydrogen-bond donors (Lipinski definition) is 3. The molecule has 0 radical (unpaired) electrons. The van der Waals surface area contributed by atoms with E-state index in [9.17, 15) is 9.59 Å². The second-order valence-corrected chi connectivity index (χ2v) is 6.96. The van der Waals surface area contributed by atoms with Crippen LogP contribution >= 0.6 is 12.4 Å². The molecule has 0 spiro atoms. The van der Waals surface area contributed by atoms with Crippen molar-refractivity contribution < 1.29 is 9.59 Å². The zero-order valence-electron chi connectivity index (χ0n) is 12.9. The summed E-state index contributed by atoms with van der Waals surface area (Å²) in [5, 5.41) is 5.60. The Bertz CT molecular complexity index is 351. The largest absolute Gasteiger partial charge is 0.348 e. The van der Waals surface area contributed by atoms with Gasteiger partial charge in [0, 0.05) is 13.0 Å². The van der Waals surface area contributed by atoms with Gasteiger partial charge in [-0.25, -0.2) is 0 Å². The van der Waals surface area contributed by atoms with Gasteiger partial charge in [0.2, 0.25) is 11.8 Å². The molecular weight excluding hydrogens is 278 g/mol. The van der Waals surface area contributed by atoms with E-state index in [1.165, 1.54) is 0 Å². The minimum atomic E-state index is -0.328. The van der Waals surface area contributed by atoms with Gasteiger partial charge in [-0.2, -0.15) is 0 Å². The maximum Gasteiger partial charge on any atom is 0.239 e. The van der Waals surface area contributed by atoms with Gasteiger partial charge >= 0.3 is 0 Å². The molecule has 1 atom stereocenters. The molecule has 2 amide bonds. The normalized spacial score (nSPS) is 17.6. The standard InChI is InChI=1S/C14H27N3O2.ClH/c1-13(2,3)7-11(18)16-8-12(19)17-14(4,9-15)10-5-6-10;/h10H,5-9,15H2,1-4H3,(H,16,18)(H,17,19);1H. The number of nitrogens with one attached hydrogen (secondary N) is 2. The summed E-state index contributed by atoms with van der Waals surface area (Å²) in [7, 11) is 0. The zero-order valence-corrected chi connectivity index (χ0v) is 13.7. The van der Waals surface area contributed by atoms with E-state index in [0.717, 1.165) is 12.8 Å². The highest BCUT2D eigenvalue weighted by molar-refractivity contribution is 5.85. The number of amides is 2. The molecule has 0 aromatic heterocycles. The Hall–Kier alpha value is -0.810. The van der Waals surface area contributed by atoms with Crippen LogP contribution in [-0.4, -0.2) is 30.4 Å². The lowest BCUT2D eigenvalue weighted by Crippen LogP contribution is -2.55. The van der Waals surface area contributed by atoms with Crippen molar-refractivity contribution in [2.45, 2.75) is 52.5 Å². The van der Waals surface area contributed by atoms with E-state index in [0.29, 0.717) is 18.9 Å². The lowest BCUT2D eigenvalue weighted by atomic mass is 9.92. The van der Waals surface area contributed by atoms with Crippen LogP contribution in [0.25, 0.3) is 0 Å². The van der Waals surface area contributed by atoms with Crippen molar-refractivity contribution in [2.24, 2.45) is 17.1 Å². The molecule has 4 N–H and O–H groups in total. The SMILES string of the molecule is CC(C)(C)CC(=O)NCC(=O)NC(C)(CN)C1CC1.Cl. The van der Waals surface area contributed by atoms with Gasteiger partial charge in [-0.3, -0.25) is 9.59 Å². The first kappa shape index (κ1) is 19.2. The van der Waals surface area contributed by atoms with Crippen molar-refractivity contribution >= 4 is 24.2 Å². The molecule has 0 saturated heterocycles. The topological polar surface area (TPSA) is 84.2 Å². The maximum absolute atomic E-state index is 11.8. The number of carbonyl (C=O) groups is 2. The van der Waals surface area contributed by atoms with E-state index in [-0.39, 0.29) is 41.7 Å². The molecule has 1 aliphatic rings. The van der Waals surface area contributed by atoms with Crippen LogP contribution in [-0.2, 0) is 9.59 Å². The fourth-order valence-electron chi connectivity index (χ4n) is 2.13. The Morgan fingerprint density at radius 3 is 2.10 bits per heavy atom. The van der Waals surface area contributed by atoms with E-state index < -0.39 is 0 Å². The lowest BCUT2D eigenvalue weighted by Gasteiger charge is -2.29. The second kappa shape index (κ2) is 7.27. The summed E-state index contributed by atoms with van der Waals surface area (Å²) in [4.78, 5) is 23.5. The van der Waals surface area contributed by atoms with E-state index in [2.05, 4.69) is 10.6 Å². The Morgan fingerprint density at radius 1 is 1.15 bits per heavy atom. The number of hydrogen-bond acceptors (Lipinski definition) is 3. The molecule has 1 saturated carbocycles. The van der Waals surface area contributed by atoms with E-state index in [4.69, 9.17) is 5.73 Å². The van der Waals surface area contributed by atoms with Crippen molar-refractivity contribution in [2.75, 3.05) is 13.1 Å². The number of rotatable bonds is 6. The molecule has 0 bridgehead atoms. The fraction of sp³-hybridized carbons (Fsp3) is 0.857. The highest BCUT2D eigenvalue weighted by atomic mass is 35.5. The van der Waals surface area contributed by atoms with Crippen molar-refractivity contribution in [3.63, 3.8) is 0 Å². The molecule has 1 aliphatic carbocycles. The summed E-state index contributed by atoms with van der Waals surface area (Å²) in [6.45, 7) is 8.40. The van der Waals surface area contributed by atoms with Gasteiger partial charge in [0.05, 0.1) is 12.1 Å². The van der Waals surface area contributed by atoms with Crippen LogP contribution in [0.5, 0.6) is 0 Å². The first-order valence-corrected chi connectivity index (χ1v) is 6.94. The monoisotopic (exact) mass is 305 g/mol. The Morgan fingerprint density at radius 2 is 1.70 bits per heavy atom. The Labute approximate surface area is 127 Å². The number of halogens is 1. The minimum absolute atomic E-state index is 0. The molecule has 5 nitrogen and oxygen atoms in total. The van der Waals surface area contributed by atoms with Crippen LogP contribution in [0.3, 0.4) is 0 Å². The van der Waals surface area contributed by atoms with Crippen molar-refractivity contribution in [1.82, 2.24) is 10.6 Å². The molecule has 0 aliphatic heterocycles. The van der Waals surface area contributed by atoms with Gasteiger partial charge in [0.25, 0.3) is 0 Å². The average Bonchev–Trinajstić information content (AvgIpc) is 3.07. The summed E-state index contributed by atoms with van der Waals surface area (Å²) < 4.78 is 0. The van der Waals surface area contributed by atoms with Gasteiger partial charge < -0.3 is 16.4 Å². The van der Waals surface area contributed by atoms with Crippen LogP contribution in [0.4, 0.5) is 0 Å². The van der Waals surface area contributed by atoms with Gasteiger partial charge in [0.15, 0.2) is 0 Å². The van der Waals surface area contributed by atoms with Gasteiger partial charge in [-0.05, 0) is 31.1 Å². The second-order valence-electron chi connectivity index (χ2n) is 6.96. The van der Waals surface area contributed by atoms with Crippen molar-refractivity contribution in [3.8, 4) is 0 Å². The molecule has 1 unspecified atom stereocenters. The first-order chi connectivity index (χ1) is 8.66. The van der Waals surface area contributed by atoms with Crippen LogP contribution in [0.1, 0.15) is 47.0 Å². The van der Waals surface area contributed by atoms with Crippen molar-refractivity contribution in [3.05, 3.63) is 0 Å². The van der Waals surface area contributed by atoms with Gasteiger partial charge in [0.1, 0.15) is 0 Å². The van der Waals surface area contributed by atoms with E-state index >= 15 is 0 Å². The molecular formula is C14H28ClN3O2. The summed E-state index contributed by atoms with van der Waals surface area (Å²) in [6.07, 6.45) is 2.64. The average molecular weight is 306 g/mol. The fourth-order valence-corrected chi connectivity index (χ4v) is 2.13. The molecule has 0 aromatic carbocycles. The summed E-state index contributed by atoms with van der Waals surface area (Å²) in [6, 6.07) is 0. The minimum Gasteiger partial charge on any atom is -0.348 e. The van der Waals surface area contributed by atoms with Crippen LogP contribution in [0.15, 0.2) is 0 Å². The smallest absolute Gasteiger partial charge is 0.239 e. The molecule has 0 aromatic rings. The third-order valence-corrected chi connectivity index (χ3v) is 3.46. The highest BCUT2D eigenvalue weighted by Gasteiger charge is 2.41. The Kier molecular flexibility index (Phi) is 6.98. The number of carbonyl (C=O) groups excluding carboxylic acids is 2. The molecule has 20 heavy (non-hydrogen) atoms. The number of nitrogens with two attached hydrogens (primary N) is 1. The first-order valence-electron chi connectivity index (χ1n) is 6.94. The van der Waals surface area contributed by atoms with Crippen LogP contribution in [0.2, 0.25) is 0 Å². The summed E-state index contributed by atoms with van der Waals surface area (Å²) in [5.74, 6) is 0.220. The molecule has 0 heterocycles. The molecule has 118 valence electrons. The lowest BCUT2D eigenvalue weighted by molar-refractivity contribution is -0.128. The predicted octanol–water partition coefficient (Wildman–Crippen LogP) is 1.20.